The maximum atomic E-state index is 11.5. The van der Waals surface area contributed by atoms with Crippen LogP contribution >= 0.6 is 0 Å². The zero-order valence-electron chi connectivity index (χ0n) is 12.1. The summed E-state index contributed by atoms with van der Waals surface area (Å²) in [5, 5.41) is 2.71. The number of methoxy groups -OCH3 is 2. The van der Waals surface area contributed by atoms with Crippen LogP contribution in [0.4, 0.5) is 0 Å². The van der Waals surface area contributed by atoms with Crippen LogP contribution < -0.4 is 14.8 Å². The molecule has 0 aromatic heterocycles. The van der Waals surface area contributed by atoms with E-state index in [1.54, 1.807) is 20.3 Å². The molecule has 0 fully saturated rings. The minimum Gasteiger partial charge on any atom is -0.493 e. The minimum absolute atomic E-state index is 0.157. The van der Waals surface area contributed by atoms with Crippen molar-refractivity contribution in [3.8, 4) is 11.5 Å². The highest BCUT2D eigenvalue weighted by Gasteiger charge is 2.04. The first kappa shape index (κ1) is 16.0. The first-order chi connectivity index (χ1) is 9.71. The molecule has 0 unspecified atom stereocenters. The third-order valence-electron chi connectivity index (χ3n) is 2.52. The number of hydrogen-bond acceptors (Lipinski definition) is 4. The molecule has 0 atom stereocenters. The Labute approximate surface area is 119 Å². The summed E-state index contributed by atoms with van der Waals surface area (Å²) in [6.45, 7) is 3.48. The van der Waals surface area contributed by atoms with Crippen molar-refractivity contribution in [2.24, 2.45) is 0 Å². The van der Waals surface area contributed by atoms with E-state index in [1.165, 1.54) is 6.08 Å². The number of amides is 1. The van der Waals surface area contributed by atoms with Crippen LogP contribution in [0.2, 0.25) is 0 Å². The maximum absolute atomic E-state index is 11.5. The van der Waals surface area contributed by atoms with Gasteiger partial charge in [-0.3, -0.25) is 4.79 Å². The zero-order chi connectivity index (χ0) is 14.8. The molecule has 0 bridgehead atoms. The second-order valence-corrected chi connectivity index (χ2v) is 3.96. The van der Waals surface area contributed by atoms with E-state index in [2.05, 4.69) is 5.32 Å². The summed E-state index contributed by atoms with van der Waals surface area (Å²) in [6.07, 6.45) is 3.20. The second kappa shape index (κ2) is 8.98. The summed E-state index contributed by atoms with van der Waals surface area (Å²) >= 11 is 0. The molecule has 1 aromatic rings. The molecule has 5 heteroatoms. The van der Waals surface area contributed by atoms with E-state index >= 15 is 0 Å². The van der Waals surface area contributed by atoms with Crippen LogP contribution in [-0.2, 0) is 9.53 Å². The molecule has 110 valence electrons. The second-order valence-electron chi connectivity index (χ2n) is 3.96. The molecule has 1 rings (SSSR count). The van der Waals surface area contributed by atoms with Gasteiger partial charge in [0.2, 0.25) is 5.91 Å². The van der Waals surface area contributed by atoms with Crippen LogP contribution in [0.3, 0.4) is 0 Å². The summed E-state index contributed by atoms with van der Waals surface area (Å²) < 4.78 is 15.5. The summed E-state index contributed by atoms with van der Waals surface area (Å²) in [7, 11) is 3.18. The van der Waals surface area contributed by atoms with Gasteiger partial charge in [-0.2, -0.15) is 0 Å². The molecule has 0 aliphatic carbocycles. The van der Waals surface area contributed by atoms with Crippen LogP contribution in [0.1, 0.15) is 12.5 Å². The lowest BCUT2D eigenvalue weighted by molar-refractivity contribution is -0.116. The topological polar surface area (TPSA) is 56.8 Å². The van der Waals surface area contributed by atoms with Crippen LogP contribution in [0.15, 0.2) is 24.3 Å². The Hall–Kier alpha value is -2.01. The third-order valence-corrected chi connectivity index (χ3v) is 2.52. The molecule has 1 amide bonds. The molecule has 5 nitrogen and oxygen atoms in total. The Morgan fingerprint density at radius 3 is 2.75 bits per heavy atom. The molecular formula is C15H21NO4. The van der Waals surface area contributed by atoms with Gasteiger partial charge in [0, 0.05) is 19.7 Å². The van der Waals surface area contributed by atoms with E-state index in [9.17, 15) is 4.79 Å². The van der Waals surface area contributed by atoms with Gasteiger partial charge in [0.25, 0.3) is 0 Å². The SMILES string of the molecule is CCOc1ccc(C=CC(=O)NCCOC)cc1OC. The number of rotatable bonds is 8. The van der Waals surface area contributed by atoms with Crippen molar-refractivity contribution in [1.82, 2.24) is 5.32 Å². The van der Waals surface area contributed by atoms with Crippen molar-refractivity contribution >= 4 is 12.0 Å². The lowest BCUT2D eigenvalue weighted by Crippen LogP contribution is -2.24. The highest BCUT2D eigenvalue weighted by Crippen LogP contribution is 2.28. The minimum atomic E-state index is -0.157. The average molecular weight is 279 g/mol. The van der Waals surface area contributed by atoms with Gasteiger partial charge in [-0.05, 0) is 30.7 Å². The van der Waals surface area contributed by atoms with Gasteiger partial charge in [0.1, 0.15) is 0 Å². The highest BCUT2D eigenvalue weighted by atomic mass is 16.5. The zero-order valence-corrected chi connectivity index (χ0v) is 12.1. The van der Waals surface area contributed by atoms with E-state index in [0.29, 0.717) is 31.3 Å². The van der Waals surface area contributed by atoms with E-state index in [-0.39, 0.29) is 5.91 Å². The van der Waals surface area contributed by atoms with Crippen LogP contribution in [-0.4, -0.2) is 39.9 Å². The van der Waals surface area contributed by atoms with Crippen LogP contribution in [0, 0.1) is 0 Å². The molecule has 0 spiro atoms. The quantitative estimate of drug-likeness (QED) is 0.583. The van der Waals surface area contributed by atoms with Gasteiger partial charge in [-0.25, -0.2) is 0 Å². The van der Waals surface area contributed by atoms with Gasteiger partial charge < -0.3 is 19.5 Å². The summed E-state index contributed by atoms with van der Waals surface area (Å²) in [4.78, 5) is 11.5. The van der Waals surface area contributed by atoms with Gasteiger partial charge in [-0.15, -0.1) is 0 Å². The van der Waals surface area contributed by atoms with Gasteiger partial charge >= 0.3 is 0 Å². The van der Waals surface area contributed by atoms with Crippen molar-refractivity contribution in [1.29, 1.82) is 0 Å². The summed E-state index contributed by atoms with van der Waals surface area (Å²) in [6, 6.07) is 5.52. The Morgan fingerprint density at radius 2 is 2.10 bits per heavy atom. The number of hydrogen-bond donors (Lipinski definition) is 1. The molecule has 0 saturated carbocycles. The van der Waals surface area contributed by atoms with Crippen molar-refractivity contribution in [3.63, 3.8) is 0 Å². The van der Waals surface area contributed by atoms with Crippen molar-refractivity contribution in [3.05, 3.63) is 29.8 Å². The Kier molecular flexibility index (Phi) is 7.21. The first-order valence-electron chi connectivity index (χ1n) is 6.47. The van der Waals surface area contributed by atoms with E-state index in [1.807, 2.05) is 25.1 Å². The fraction of sp³-hybridized carbons (Fsp3) is 0.400. The monoisotopic (exact) mass is 279 g/mol. The van der Waals surface area contributed by atoms with E-state index in [4.69, 9.17) is 14.2 Å². The lowest BCUT2D eigenvalue weighted by atomic mass is 10.2. The molecule has 20 heavy (non-hydrogen) atoms. The molecule has 0 heterocycles. The van der Waals surface area contributed by atoms with Crippen LogP contribution in [0.5, 0.6) is 11.5 Å². The van der Waals surface area contributed by atoms with Crippen molar-refractivity contribution < 1.29 is 19.0 Å². The summed E-state index contributed by atoms with van der Waals surface area (Å²) in [5.74, 6) is 1.18. The van der Waals surface area contributed by atoms with Crippen LogP contribution in [0.25, 0.3) is 6.08 Å². The highest BCUT2D eigenvalue weighted by molar-refractivity contribution is 5.91. The van der Waals surface area contributed by atoms with E-state index < -0.39 is 0 Å². The molecule has 0 aliphatic rings. The van der Waals surface area contributed by atoms with Gasteiger partial charge in [0.15, 0.2) is 11.5 Å². The smallest absolute Gasteiger partial charge is 0.244 e. The first-order valence-corrected chi connectivity index (χ1v) is 6.47. The molecule has 1 N–H and O–H groups in total. The molecule has 1 aromatic carbocycles. The average Bonchev–Trinajstić information content (AvgIpc) is 2.46. The predicted octanol–water partition coefficient (Wildman–Crippen LogP) is 1.87. The standard InChI is InChI=1S/C15H21NO4/c1-4-20-13-7-5-12(11-14(13)19-3)6-8-15(17)16-9-10-18-2/h5-8,11H,4,9-10H2,1-3H3,(H,16,17). The summed E-state index contributed by atoms with van der Waals surface area (Å²) in [5.41, 5.74) is 0.868. The Bertz CT molecular complexity index is 457. The third kappa shape index (κ3) is 5.32. The largest absolute Gasteiger partial charge is 0.493 e. The predicted molar refractivity (Wildman–Crippen MR) is 78.1 cm³/mol. The van der Waals surface area contributed by atoms with Gasteiger partial charge in [-0.1, -0.05) is 6.07 Å². The number of carbonyl (C=O) groups excluding carboxylic acids is 1. The Balaban J connectivity index is 2.65. The Morgan fingerprint density at radius 1 is 1.30 bits per heavy atom. The number of carbonyl (C=O) groups is 1. The molecule has 0 aliphatic heterocycles. The van der Waals surface area contributed by atoms with Crippen molar-refractivity contribution in [2.75, 3.05) is 34.0 Å². The fourth-order valence-corrected chi connectivity index (χ4v) is 1.57. The van der Waals surface area contributed by atoms with Crippen molar-refractivity contribution in [2.45, 2.75) is 6.92 Å². The lowest BCUT2D eigenvalue weighted by Gasteiger charge is -2.09. The molecule has 0 radical (unpaired) electrons. The molecular weight excluding hydrogens is 258 g/mol. The van der Waals surface area contributed by atoms with E-state index in [0.717, 1.165) is 5.56 Å². The normalized spacial score (nSPS) is 10.6. The maximum Gasteiger partial charge on any atom is 0.244 e. The number of benzene rings is 1. The number of nitrogens with one attached hydrogen (secondary N) is 1. The fourth-order valence-electron chi connectivity index (χ4n) is 1.57. The van der Waals surface area contributed by atoms with Gasteiger partial charge in [0.05, 0.1) is 20.3 Å². The molecule has 0 saturated heterocycles. The number of ether oxygens (including phenoxy) is 3.